The summed E-state index contributed by atoms with van der Waals surface area (Å²) in [5.74, 6) is 0. The van der Waals surface area contributed by atoms with Crippen molar-refractivity contribution in [3.8, 4) is 12.5 Å². The van der Waals surface area contributed by atoms with E-state index in [1.165, 1.54) is 0 Å². The minimum atomic E-state index is 0.235. The second kappa shape index (κ2) is 5.46. The molecule has 1 atom stereocenters. The third kappa shape index (κ3) is 5.19. The summed E-state index contributed by atoms with van der Waals surface area (Å²) >= 11 is 0. The van der Waals surface area contributed by atoms with Crippen LogP contribution >= 0.6 is 0 Å². The number of rotatable bonds is 4. The van der Waals surface area contributed by atoms with Crippen LogP contribution in [-0.4, -0.2) is 19.8 Å². The zero-order valence-electron chi connectivity index (χ0n) is 5.89. The van der Waals surface area contributed by atoms with Crippen molar-refractivity contribution in [1.29, 1.82) is 0 Å². The predicted octanol–water partition coefficient (Wildman–Crippen LogP) is 1.02. The summed E-state index contributed by atoms with van der Waals surface area (Å²) in [6.07, 6.45) is 8.02. The number of terminal acetylenes is 1. The van der Waals surface area contributed by atoms with Crippen molar-refractivity contribution >= 4 is 0 Å². The molecule has 0 radical (unpaired) electrons. The highest BCUT2D eigenvalue weighted by Crippen LogP contribution is 1.93. The van der Waals surface area contributed by atoms with Crippen molar-refractivity contribution in [3.63, 3.8) is 0 Å². The van der Waals surface area contributed by atoms with E-state index in [2.05, 4.69) is 10.8 Å². The second-order valence-corrected chi connectivity index (χ2v) is 1.80. The van der Waals surface area contributed by atoms with Gasteiger partial charge in [0.15, 0.2) is 0 Å². The maximum atomic E-state index is 4.95. The number of methoxy groups -OCH3 is 1. The van der Waals surface area contributed by atoms with E-state index in [9.17, 15) is 0 Å². The van der Waals surface area contributed by atoms with Crippen LogP contribution in [0.1, 0.15) is 13.3 Å². The average molecular weight is 128 g/mol. The van der Waals surface area contributed by atoms with Crippen molar-refractivity contribution in [1.82, 2.24) is 0 Å². The largest absolute Gasteiger partial charge is 0.447 e. The van der Waals surface area contributed by atoms with Crippen LogP contribution in [0.15, 0.2) is 0 Å². The molecule has 1 unspecified atom stereocenters. The summed E-state index contributed by atoms with van der Waals surface area (Å²) in [6.45, 7) is 2.55. The molecule has 0 N–H and O–H groups in total. The topological polar surface area (TPSA) is 18.5 Å². The van der Waals surface area contributed by atoms with E-state index in [0.717, 1.165) is 6.42 Å². The third-order valence-corrected chi connectivity index (χ3v) is 1.11. The van der Waals surface area contributed by atoms with Gasteiger partial charge in [0, 0.05) is 13.5 Å². The zero-order chi connectivity index (χ0) is 7.11. The van der Waals surface area contributed by atoms with Crippen LogP contribution in [0.2, 0.25) is 0 Å². The lowest BCUT2D eigenvalue weighted by molar-refractivity contribution is 0.0910. The van der Waals surface area contributed by atoms with Crippen molar-refractivity contribution < 1.29 is 9.47 Å². The summed E-state index contributed by atoms with van der Waals surface area (Å²) in [6, 6.07) is 0. The lowest BCUT2D eigenvalue weighted by atomic mass is 10.3. The summed E-state index contributed by atoms with van der Waals surface area (Å²) in [4.78, 5) is 0. The predicted molar refractivity (Wildman–Crippen MR) is 35.9 cm³/mol. The highest BCUT2D eigenvalue weighted by atomic mass is 16.5. The Labute approximate surface area is 56.2 Å². The van der Waals surface area contributed by atoms with E-state index >= 15 is 0 Å². The molecule has 0 rings (SSSR count). The first kappa shape index (κ1) is 8.32. The van der Waals surface area contributed by atoms with Gasteiger partial charge in [-0.3, -0.25) is 0 Å². The van der Waals surface area contributed by atoms with Crippen LogP contribution in [0.4, 0.5) is 0 Å². The fourth-order valence-electron chi connectivity index (χ4n) is 0.402. The van der Waals surface area contributed by atoms with Crippen molar-refractivity contribution in [3.05, 3.63) is 0 Å². The Kier molecular flexibility index (Phi) is 5.04. The van der Waals surface area contributed by atoms with Gasteiger partial charge in [0.05, 0.1) is 6.10 Å². The molecule has 0 spiro atoms. The van der Waals surface area contributed by atoms with Crippen LogP contribution in [0, 0.1) is 12.5 Å². The standard InChI is InChI=1S/C7H12O2/c1-4-9-6-5-7(2)8-3/h1,7H,5-6H2,2-3H3. The molecular formula is C7H12O2. The van der Waals surface area contributed by atoms with Crippen LogP contribution < -0.4 is 0 Å². The lowest BCUT2D eigenvalue weighted by Crippen LogP contribution is -2.07. The van der Waals surface area contributed by atoms with Gasteiger partial charge in [0.2, 0.25) is 0 Å². The minimum absolute atomic E-state index is 0.235. The van der Waals surface area contributed by atoms with Gasteiger partial charge in [-0.2, -0.15) is 0 Å². The molecule has 0 saturated heterocycles. The normalized spacial score (nSPS) is 12.1. The average Bonchev–Trinajstić information content (AvgIpc) is 1.89. The monoisotopic (exact) mass is 128 g/mol. The molecule has 0 bridgehead atoms. The fourth-order valence-corrected chi connectivity index (χ4v) is 0.402. The molecule has 0 aliphatic rings. The Bertz CT molecular complexity index is 93.6. The lowest BCUT2D eigenvalue weighted by Gasteiger charge is -2.06. The number of hydrogen-bond acceptors (Lipinski definition) is 2. The van der Waals surface area contributed by atoms with Gasteiger partial charge < -0.3 is 9.47 Å². The maximum absolute atomic E-state index is 4.95. The molecule has 0 aliphatic carbocycles. The molecule has 52 valence electrons. The summed E-state index contributed by atoms with van der Waals surface area (Å²) in [5, 5.41) is 0. The van der Waals surface area contributed by atoms with E-state index < -0.39 is 0 Å². The molecule has 0 aromatic heterocycles. The highest BCUT2D eigenvalue weighted by Gasteiger charge is 1.96. The molecular weight excluding hydrogens is 116 g/mol. The van der Waals surface area contributed by atoms with Crippen LogP contribution in [0.25, 0.3) is 0 Å². The van der Waals surface area contributed by atoms with Crippen LogP contribution in [0.3, 0.4) is 0 Å². The quantitative estimate of drug-likeness (QED) is 0.415. The minimum Gasteiger partial charge on any atom is -0.447 e. The molecule has 0 fully saturated rings. The van der Waals surface area contributed by atoms with E-state index in [4.69, 9.17) is 11.2 Å². The number of ether oxygens (including phenoxy) is 2. The Morgan fingerprint density at radius 1 is 1.67 bits per heavy atom. The third-order valence-electron chi connectivity index (χ3n) is 1.11. The van der Waals surface area contributed by atoms with E-state index in [0.29, 0.717) is 6.61 Å². The first-order valence-corrected chi connectivity index (χ1v) is 2.91. The van der Waals surface area contributed by atoms with Crippen LogP contribution in [0.5, 0.6) is 0 Å². The molecule has 9 heavy (non-hydrogen) atoms. The van der Waals surface area contributed by atoms with E-state index in [1.807, 2.05) is 6.92 Å². The zero-order valence-corrected chi connectivity index (χ0v) is 5.89. The number of hydrogen-bond donors (Lipinski definition) is 0. The van der Waals surface area contributed by atoms with Gasteiger partial charge in [0.25, 0.3) is 0 Å². The molecule has 0 heterocycles. The molecule has 0 aromatic carbocycles. The van der Waals surface area contributed by atoms with Gasteiger partial charge in [-0.1, -0.05) is 6.42 Å². The smallest absolute Gasteiger partial charge is 0.106 e. The summed E-state index contributed by atoms with van der Waals surface area (Å²) in [7, 11) is 1.67. The second-order valence-electron chi connectivity index (χ2n) is 1.80. The first-order chi connectivity index (χ1) is 4.31. The molecule has 0 saturated carbocycles. The SMILES string of the molecule is C#COCCC(C)OC. The van der Waals surface area contributed by atoms with Gasteiger partial charge >= 0.3 is 0 Å². The molecule has 0 aromatic rings. The maximum Gasteiger partial charge on any atom is 0.106 e. The van der Waals surface area contributed by atoms with Gasteiger partial charge in [-0.05, 0) is 6.92 Å². The summed E-state index contributed by atoms with van der Waals surface area (Å²) < 4.78 is 9.60. The highest BCUT2D eigenvalue weighted by molar-refractivity contribution is 4.68. The van der Waals surface area contributed by atoms with E-state index in [-0.39, 0.29) is 6.10 Å². The van der Waals surface area contributed by atoms with Gasteiger partial charge in [0.1, 0.15) is 12.7 Å². The fraction of sp³-hybridized carbons (Fsp3) is 0.714. The summed E-state index contributed by atoms with van der Waals surface area (Å²) in [5.41, 5.74) is 0. The van der Waals surface area contributed by atoms with Crippen molar-refractivity contribution in [2.45, 2.75) is 19.4 Å². The van der Waals surface area contributed by atoms with Gasteiger partial charge in [-0.25, -0.2) is 0 Å². The Hall–Kier alpha value is -0.680. The van der Waals surface area contributed by atoms with Crippen molar-refractivity contribution in [2.24, 2.45) is 0 Å². The Balaban J connectivity index is 2.99. The molecule has 0 amide bonds. The van der Waals surface area contributed by atoms with Crippen LogP contribution in [-0.2, 0) is 9.47 Å². The van der Waals surface area contributed by atoms with Gasteiger partial charge in [-0.15, -0.1) is 0 Å². The molecule has 0 aliphatic heterocycles. The molecule has 2 heteroatoms. The Morgan fingerprint density at radius 2 is 2.33 bits per heavy atom. The Morgan fingerprint density at radius 3 is 2.78 bits per heavy atom. The van der Waals surface area contributed by atoms with Crippen molar-refractivity contribution in [2.75, 3.05) is 13.7 Å². The molecule has 2 nitrogen and oxygen atoms in total. The van der Waals surface area contributed by atoms with E-state index in [1.54, 1.807) is 7.11 Å². The first-order valence-electron chi connectivity index (χ1n) is 2.91.